The van der Waals surface area contributed by atoms with E-state index < -0.39 is 4.92 Å². The maximum Gasteiger partial charge on any atom is 0.271 e. The Kier molecular flexibility index (Phi) is 7.79. The minimum Gasteiger partial charge on any atom is -0.484 e. The van der Waals surface area contributed by atoms with E-state index in [4.69, 9.17) is 17.0 Å². The zero-order valence-corrected chi connectivity index (χ0v) is 23.6. The van der Waals surface area contributed by atoms with E-state index in [1.807, 2.05) is 94.5 Å². The molecule has 1 fully saturated rings. The fraction of sp³-hybridized carbons (Fsp3) is 0.0938. The van der Waals surface area contributed by atoms with Gasteiger partial charge in [0, 0.05) is 41.6 Å². The number of aromatic nitrogens is 2. The van der Waals surface area contributed by atoms with Crippen LogP contribution in [0.4, 0.5) is 17.1 Å². The Morgan fingerprint density at radius 3 is 2.49 bits per heavy atom. The first-order valence-corrected chi connectivity index (χ1v) is 13.9. The van der Waals surface area contributed by atoms with Gasteiger partial charge in [-0.15, -0.1) is 0 Å². The zero-order valence-electron chi connectivity index (χ0n) is 22.7. The second-order valence-electron chi connectivity index (χ2n) is 9.77. The molecule has 10 nitrogen and oxygen atoms in total. The van der Waals surface area contributed by atoms with E-state index in [1.54, 1.807) is 30.5 Å². The van der Waals surface area contributed by atoms with Crippen LogP contribution in [0.5, 0.6) is 5.75 Å². The quantitative estimate of drug-likeness (QED) is 0.123. The standard InChI is InChI=1S/C32H26N6O4S/c39-29(21-42-26-10-2-1-3-11-26)34-22-14-16-23(17-15-22)37-31(30(35-32(37)43)27-12-4-5-18-33-27)28-13-7-19-36(28)24-8-6-9-25(20-24)38(40)41/h1-20,30-31H,21H2,(H,34,39)(H,35,43)/t30-,31+/m0/s1. The Bertz CT molecular complexity index is 1760. The summed E-state index contributed by atoms with van der Waals surface area (Å²) in [6, 6.07) is 32.0. The Labute approximate surface area is 252 Å². The molecule has 0 radical (unpaired) electrons. The molecule has 0 aliphatic carbocycles. The molecule has 1 amide bonds. The van der Waals surface area contributed by atoms with E-state index in [9.17, 15) is 14.9 Å². The molecule has 3 heterocycles. The van der Waals surface area contributed by atoms with Crippen molar-refractivity contribution >= 4 is 40.3 Å². The average Bonchev–Trinajstić information content (AvgIpc) is 3.66. The molecule has 1 aliphatic heterocycles. The SMILES string of the molecule is O=C(COc1ccccc1)Nc1ccc(N2C(=S)N[C@@H](c3ccccn3)[C@H]2c2cccn2-c2cccc([N+](=O)[O-])c2)cc1. The van der Waals surface area contributed by atoms with Crippen LogP contribution in [0.15, 0.2) is 122 Å². The molecule has 3 aromatic carbocycles. The molecule has 6 rings (SSSR count). The number of anilines is 2. The summed E-state index contributed by atoms with van der Waals surface area (Å²) in [5.74, 6) is 0.337. The number of para-hydroxylation sites is 1. The topological polar surface area (TPSA) is 115 Å². The zero-order chi connectivity index (χ0) is 29.8. The molecule has 1 saturated heterocycles. The van der Waals surface area contributed by atoms with Crippen LogP contribution >= 0.6 is 12.2 Å². The maximum atomic E-state index is 12.5. The second kappa shape index (κ2) is 12.1. The van der Waals surface area contributed by atoms with Crippen molar-refractivity contribution < 1.29 is 14.5 Å². The Morgan fingerprint density at radius 2 is 1.74 bits per heavy atom. The molecule has 0 spiro atoms. The molecule has 214 valence electrons. The van der Waals surface area contributed by atoms with Gasteiger partial charge in [0.05, 0.1) is 22.3 Å². The summed E-state index contributed by atoms with van der Waals surface area (Å²) in [5.41, 5.74) is 3.72. The summed E-state index contributed by atoms with van der Waals surface area (Å²) in [7, 11) is 0. The number of benzene rings is 3. The fourth-order valence-electron chi connectivity index (χ4n) is 5.13. The van der Waals surface area contributed by atoms with Gasteiger partial charge < -0.3 is 24.8 Å². The number of non-ortho nitro benzene ring substituents is 1. The number of rotatable bonds is 9. The molecule has 2 atom stereocenters. The molecule has 0 unspecified atom stereocenters. The summed E-state index contributed by atoms with van der Waals surface area (Å²) in [6.45, 7) is -0.117. The van der Waals surface area contributed by atoms with Crippen LogP contribution in [0, 0.1) is 10.1 Å². The first kappa shape index (κ1) is 27.6. The van der Waals surface area contributed by atoms with Crippen LogP contribution in [0.3, 0.4) is 0 Å². The van der Waals surface area contributed by atoms with Crippen LogP contribution in [0.1, 0.15) is 23.5 Å². The number of nitrogens with zero attached hydrogens (tertiary/aromatic N) is 4. The van der Waals surface area contributed by atoms with Gasteiger partial charge in [-0.3, -0.25) is 19.9 Å². The van der Waals surface area contributed by atoms with Crippen molar-refractivity contribution in [1.29, 1.82) is 0 Å². The van der Waals surface area contributed by atoms with E-state index in [-0.39, 0.29) is 30.3 Å². The van der Waals surface area contributed by atoms with Crippen LogP contribution in [-0.4, -0.2) is 32.1 Å². The molecular formula is C32H26N6O4S. The van der Waals surface area contributed by atoms with Crippen LogP contribution in [0.25, 0.3) is 5.69 Å². The van der Waals surface area contributed by atoms with Crippen molar-refractivity contribution in [3.8, 4) is 11.4 Å². The van der Waals surface area contributed by atoms with Gasteiger partial charge in [0.25, 0.3) is 11.6 Å². The summed E-state index contributed by atoms with van der Waals surface area (Å²) in [5, 5.41) is 18.3. The third-order valence-corrected chi connectivity index (χ3v) is 7.36. The number of amides is 1. The first-order chi connectivity index (χ1) is 21.0. The highest BCUT2D eigenvalue weighted by Crippen LogP contribution is 2.42. The van der Waals surface area contributed by atoms with Gasteiger partial charge in [-0.05, 0) is 78.9 Å². The normalized spacial score (nSPS) is 16.0. The smallest absolute Gasteiger partial charge is 0.271 e. The van der Waals surface area contributed by atoms with Crippen LogP contribution < -0.4 is 20.3 Å². The van der Waals surface area contributed by atoms with Crippen molar-refractivity contribution in [2.45, 2.75) is 12.1 Å². The average molecular weight is 591 g/mol. The van der Waals surface area contributed by atoms with E-state index >= 15 is 0 Å². The van der Waals surface area contributed by atoms with Gasteiger partial charge in [0.2, 0.25) is 0 Å². The third kappa shape index (κ3) is 5.92. The van der Waals surface area contributed by atoms with Crippen molar-refractivity contribution in [1.82, 2.24) is 14.9 Å². The number of ether oxygens (including phenoxy) is 1. The van der Waals surface area contributed by atoms with E-state index in [0.717, 1.165) is 17.1 Å². The maximum absolute atomic E-state index is 12.5. The van der Waals surface area contributed by atoms with Gasteiger partial charge in [-0.1, -0.05) is 30.3 Å². The highest BCUT2D eigenvalue weighted by molar-refractivity contribution is 7.80. The molecule has 0 saturated carbocycles. The minimum atomic E-state index is -0.407. The largest absolute Gasteiger partial charge is 0.484 e. The Hall–Kier alpha value is -5.55. The molecule has 1 aliphatic rings. The lowest BCUT2D eigenvalue weighted by Gasteiger charge is -2.29. The fourth-order valence-corrected chi connectivity index (χ4v) is 5.47. The molecule has 11 heteroatoms. The molecule has 5 aromatic rings. The number of pyridine rings is 1. The van der Waals surface area contributed by atoms with E-state index in [2.05, 4.69) is 15.6 Å². The van der Waals surface area contributed by atoms with Gasteiger partial charge in [0.15, 0.2) is 11.7 Å². The summed E-state index contributed by atoms with van der Waals surface area (Å²) >= 11 is 5.85. The summed E-state index contributed by atoms with van der Waals surface area (Å²) in [6.07, 6.45) is 3.61. The lowest BCUT2D eigenvalue weighted by Crippen LogP contribution is -2.30. The van der Waals surface area contributed by atoms with Gasteiger partial charge in [-0.2, -0.15) is 0 Å². The predicted molar refractivity (Wildman–Crippen MR) is 167 cm³/mol. The van der Waals surface area contributed by atoms with Crippen LogP contribution in [-0.2, 0) is 4.79 Å². The number of hydrogen-bond acceptors (Lipinski definition) is 6. The molecule has 2 aromatic heterocycles. The number of hydrogen-bond donors (Lipinski definition) is 2. The number of nitrogens with one attached hydrogen (secondary N) is 2. The first-order valence-electron chi connectivity index (χ1n) is 13.5. The molecule has 2 N–H and O–H groups in total. The van der Waals surface area contributed by atoms with E-state index in [1.165, 1.54) is 6.07 Å². The number of nitro benzene ring substituents is 1. The van der Waals surface area contributed by atoms with Gasteiger partial charge in [0.1, 0.15) is 11.8 Å². The van der Waals surface area contributed by atoms with Crippen molar-refractivity contribution in [2.75, 3.05) is 16.8 Å². The minimum absolute atomic E-state index is 0.00199. The van der Waals surface area contributed by atoms with Gasteiger partial charge >= 0.3 is 0 Å². The van der Waals surface area contributed by atoms with Crippen molar-refractivity contribution in [3.05, 3.63) is 143 Å². The molecule has 43 heavy (non-hydrogen) atoms. The lowest BCUT2D eigenvalue weighted by molar-refractivity contribution is -0.384. The monoisotopic (exact) mass is 590 g/mol. The Balaban J connectivity index is 1.30. The summed E-state index contributed by atoms with van der Waals surface area (Å²) < 4.78 is 7.47. The van der Waals surface area contributed by atoms with Crippen molar-refractivity contribution in [2.24, 2.45) is 0 Å². The lowest BCUT2D eigenvalue weighted by atomic mass is 10.0. The Morgan fingerprint density at radius 1 is 0.953 bits per heavy atom. The highest BCUT2D eigenvalue weighted by Gasteiger charge is 2.42. The third-order valence-electron chi connectivity index (χ3n) is 7.04. The second-order valence-corrected chi connectivity index (χ2v) is 10.2. The van der Waals surface area contributed by atoms with Gasteiger partial charge in [-0.25, -0.2) is 0 Å². The molecule has 0 bridgehead atoms. The summed E-state index contributed by atoms with van der Waals surface area (Å²) in [4.78, 5) is 30.2. The predicted octanol–water partition coefficient (Wildman–Crippen LogP) is 5.98. The number of carbonyl (C=O) groups excluding carboxylic acids is 1. The number of thiocarbonyl (C=S) groups is 1. The van der Waals surface area contributed by atoms with Crippen LogP contribution in [0.2, 0.25) is 0 Å². The molecular weight excluding hydrogens is 564 g/mol. The highest BCUT2D eigenvalue weighted by atomic mass is 32.1. The number of carbonyl (C=O) groups is 1. The number of nitro groups is 1. The van der Waals surface area contributed by atoms with E-state index in [0.29, 0.717) is 22.2 Å². The van der Waals surface area contributed by atoms with Crippen molar-refractivity contribution in [3.63, 3.8) is 0 Å².